The molecule has 2 rings (SSSR count). The zero-order valence-corrected chi connectivity index (χ0v) is 8.92. The first-order valence-corrected chi connectivity index (χ1v) is 5.27. The summed E-state index contributed by atoms with van der Waals surface area (Å²) in [5.74, 6) is 0. The maximum absolute atomic E-state index is 5.90. The van der Waals surface area contributed by atoms with Gasteiger partial charge in [0.2, 0.25) is 0 Å². The molecule has 2 nitrogen and oxygen atoms in total. The number of halogens is 1. The molecule has 1 aromatic carbocycles. The van der Waals surface area contributed by atoms with Crippen molar-refractivity contribution < 1.29 is 4.74 Å². The van der Waals surface area contributed by atoms with Crippen molar-refractivity contribution >= 4 is 17.3 Å². The van der Waals surface area contributed by atoms with Crippen molar-refractivity contribution in [2.75, 3.05) is 11.9 Å². The number of ether oxygens (including phenoxy) is 1. The van der Waals surface area contributed by atoms with Crippen LogP contribution in [0.15, 0.2) is 24.3 Å². The second-order valence-electron chi connectivity index (χ2n) is 3.63. The Bertz CT molecular complexity index is 316. The Balaban J connectivity index is 2.03. The van der Waals surface area contributed by atoms with Crippen LogP contribution in [0.2, 0.25) is 5.02 Å². The van der Waals surface area contributed by atoms with Crippen molar-refractivity contribution in [3.8, 4) is 0 Å². The van der Waals surface area contributed by atoms with Crippen molar-refractivity contribution in [2.24, 2.45) is 0 Å². The van der Waals surface area contributed by atoms with Crippen LogP contribution in [0.3, 0.4) is 0 Å². The van der Waals surface area contributed by atoms with Gasteiger partial charge < -0.3 is 10.1 Å². The van der Waals surface area contributed by atoms with Crippen LogP contribution in [0.5, 0.6) is 0 Å². The summed E-state index contributed by atoms with van der Waals surface area (Å²) in [6.45, 7) is 2.94. The van der Waals surface area contributed by atoms with E-state index < -0.39 is 0 Å². The standard InChI is InChI=1S/C11H14ClNO/c1-8-11(5-6-14-8)13-10-4-2-3-9(12)7-10/h2-4,7-8,11,13H,5-6H2,1H3/t8-,11+/m0/s1. The average Bonchev–Trinajstić information content (AvgIpc) is 2.52. The van der Waals surface area contributed by atoms with Crippen LogP contribution in [0.4, 0.5) is 5.69 Å². The largest absolute Gasteiger partial charge is 0.380 e. The summed E-state index contributed by atoms with van der Waals surface area (Å²) < 4.78 is 5.47. The van der Waals surface area contributed by atoms with E-state index in [0.29, 0.717) is 6.04 Å². The fourth-order valence-electron chi connectivity index (χ4n) is 1.71. The van der Waals surface area contributed by atoms with Gasteiger partial charge in [0.1, 0.15) is 0 Å². The van der Waals surface area contributed by atoms with E-state index in [2.05, 4.69) is 12.2 Å². The highest BCUT2D eigenvalue weighted by atomic mass is 35.5. The molecular weight excluding hydrogens is 198 g/mol. The average molecular weight is 212 g/mol. The summed E-state index contributed by atoms with van der Waals surface area (Å²) in [7, 11) is 0. The second-order valence-corrected chi connectivity index (χ2v) is 4.06. The van der Waals surface area contributed by atoms with Crippen LogP contribution in [-0.2, 0) is 4.74 Å². The molecule has 0 aromatic heterocycles. The number of hydrogen-bond acceptors (Lipinski definition) is 2. The lowest BCUT2D eigenvalue weighted by Crippen LogP contribution is -2.26. The molecule has 1 saturated heterocycles. The van der Waals surface area contributed by atoms with E-state index in [1.807, 2.05) is 24.3 Å². The summed E-state index contributed by atoms with van der Waals surface area (Å²) in [5, 5.41) is 4.19. The molecule has 0 radical (unpaired) electrons. The van der Waals surface area contributed by atoms with Crippen LogP contribution in [0.1, 0.15) is 13.3 Å². The second kappa shape index (κ2) is 4.20. The zero-order valence-electron chi connectivity index (χ0n) is 8.16. The van der Waals surface area contributed by atoms with Crippen molar-refractivity contribution in [3.05, 3.63) is 29.3 Å². The molecule has 0 spiro atoms. The lowest BCUT2D eigenvalue weighted by Gasteiger charge is -2.17. The summed E-state index contributed by atoms with van der Waals surface area (Å²) in [4.78, 5) is 0. The van der Waals surface area contributed by atoms with Gasteiger partial charge in [0.25, 0.3) is 0 Å². The van der Waals surface area contributed by atoms with Gasteiger partial charge in [-0.1, -0.05) is 17.7 Å². The fraction of sp³-hybridized carbons (Fsp3) is 0.455. The molecule has 1 heterocycles. The fourth-order valence-corrected chi connectivity index (χ4v) is 1.90. The minimum Gasteiger partial charge on any atom is -0.380 e. The predicted octanol–water partition coefficient (Wildman–Crippen LogP) is 2.93. The van der Waals surface area contributed by atoms with Crippen molar-refractivity contribution in [3.63, 3.8) is 0 Å². The molecule has 2 atom stereocenters. The van der Waals surface area contributed by atoms with Gasteiger partial charge >= 0.3 is 0 Å². The van der Waals surface area contributed by atoms with Gasteiger partial charge in [0.05, 0.1) is 12.1 Å². The lowest BCUT2D eigenvalue weighted by atomic mass is 10.1. The van der Waals surface area contributed by atoms with Crippen LogP contribution < -0.4 is 5.32 Å². The summed E-state index contributed by atoms with van der Waals surface area (Å²) in [6.07, 6.45) is 1.35. The van der Waals surface area contributed by atoms with E-state index in [1.165, 1.54) is 0 Å². The van der Waals surface area contributed by atoms with Crippen molar-refractivity contribution in [1.82, 2.24) is 0 Å². The van der Waals surface area contributed by atoms with Crippen molar-refractivity contribution in [2.45, 2.75) is 25.5 Å². The third kappa shape index (κ3) is 2.20. The molecule has 0 bridgehead atoms. The maximum atomic E-state index is 5.90. The van der Waals surface area contributed by atoms with E-state index in [1.54, 1.807) is 0 Å². The number of anilines is 1. The molecule has 1 aromatic rings. The first kappa shape index (κ1) is 9.81. The first-order chi connectivity index (χ1) is 6.75. The molecule has 0 unspecified atom stereocenters. The third-order valence-electron chi connectivity index (χ3n) is 2.55. The van der Waals surface area contributed by atoms with Crippen molar-refractivity contribution in [1.29, 1.82) is 0 Å². The minimum atomic E-state index is 0.286. The van der Waals surface area contributed by atoms with Gasteiger partial charge in [-0.3, -0.25) is 0 Å². The van der Waals surface area contributed by atoms with E-state index in [-0.39, 0.29) is 6.10 Å². The number of rotatable bonds is 2. The van der Waals surface area contributed by atoms with E-state index >= 15 is 0 Å². The minimum absolute atomic E-state index is 0.286. The van der Waals surface area contributed by atoms with E-state index in [0.717, 1.165) is 23.7 Å². The molecule has 1 aliphatic rings. The molecule has 0 amide bonds. The molecule has 1 N–H and O–H groups in total. The lowest BCUT2D eigenvalue weighted by molar-refractivity contribution is 0.121. The van der Waals surface area contributed by atoms with Crippen LogP contribution in [-0.4, -0.2) is 18.8 Å². The SMILES string of the molecule is C[C@@H]1OCC[C@H]1Nc1cccc(Cl)c1. The monoisotopic (exact) mass is 211 g/mol. The quantitative estimate of drug-likeness (QED) is 0.812. The Morgan fingerprint density at radius 3 is 3.00 bits per heavy atom. The van der Waals surface area contributed by atoms with Crippen LogP contribution in [0.25, 0.3) is 0 Å². The highest BCUT2D eigenvalue weighted by molar-refractivity contribution is 6.30. The Kier molecular flexibility index (Phi) is 2.94. The number of nitrogens with one attached hydrogen (secondary N) is 1. The van der Waals surface area contributed by atoms with Gasteiger partial charge in [-0.25, -0.2) is 0 Å². The molecule has 3 heteroatoms. The summed E-state index contributed by atoms with van der Waals surface area (Å²) in [5.41, 5.74) is 1.07. The van der Waals surface area contributed by atoms with Crippen LogP contribution >= 0.6 is 11.6 Å². The molecule has 0 saturated carbocycles. The zero-order chi connectivity index (χ0) is 9.97. The highest BCUT2D eigenvalue weighted by Gasteiger charge is 2.23. The molecule has 0 aliphatic carbocycles. The first-order valence-electron chi connectivity index (χ1n) is 4.89. The number of hydrogen-bond donors (Lipinski definition) is 1. The molecule has 1 aliphatic heterocycles. The third-order valence-corrected chi connectivity index (χ3v) is 2.79. The van der Waals surface area contributed by atoms with Gasteiger partial charge in [-0.2, -0.15) is 0 Å². The summed E-state index contributed by atoms with van der Waals surface area (Å²) in [6, 6.07) is 8.20. The normalized spacial score (nSPS) is 26.4. The topological polar surface area (TPSA) is 21.3 Å². The smallest absolute Gasteiger partial charge is 0.0748 e. The Morgan fingerprint density at radius 1 is 1.50 bits per heavy atom. The Labute approximate surface area is 89.2 Å². The van der Waals surface area contributed by atoms with Gasteiger partial charge in [0.15, 0.2) is 0 Å². The Hall–Kier alpha value is -0.730. The van der Waals surface area contributed by atoms with E-state index in [4.69, 9.17) is 16.3 Å². The van der Waals surface area contributed by atoms with Crippen LogP contribution in [0, 0.1) is 0 Å². The predicted molar refractivity (Wildman–Crippen MR) is 58.9 cm³/mol. The van der Waals surface area contributed by atoms with Gasteiger partial charge in [-0.05, 0) is 31.5 Å². The van der Waals surface area contributed by atoms with Gasteiger partial charge in [0, 0.05) is 17.3 Å². The maximum Gasteiger partial charge on any atom is 0.0748 e. The molecule has 76 valence electrons. The molecule has 14 heavy (non-hydrogen) atoms. The number of benzene rings is 1. The molecule has 1 fully saturated rings. The van der Waals surface area contributed by atoms with Gasteiger partial charge in [-0.15, -0.1) is 0 Å². The highest BCUT2D eigenvalue weighted by Crippen LogP contribution is 2.21. The Morgan fingerprint density at radius 2 is 2.36 bits per heavy atom. The summed E-state index contributed by atoms with van der Waals surface area (Å²) >= 11 is 5.90. The molecular formula is C11H14ClNO. The van der Waals surface area contributed by atoms with E-state index in [9.17, 15) is 0 Å².